The van der Waals surface area contributed by atoms with E-state index in [4.69, 9.17) is 5.11 Å². The summed E-state index contributed by atoms with van der Waals surface area (Å²) in [5, 5.41) is 11.1. The minimum absolute atomic E-state index is 0.168. The van der Waals surface area contributed by atoms with Gasteiger partial charge in [0.15, 0.2) is 0 Å². The number of aliphatic hydroxyl groups excluding tert-OH is 1. The van der Waals surface area contributed by atoms with E-state index in [1.165, 1.54) is 0 Å². The zero-order chi connectivity index (χ0) is 9.90. The van der Waals surface area contributed by atoms with Gasteiger partial charge in [0.1, 0.15) is 6.04 Å². The number of piperidine rings is 1. The summed E-state index contributed by atoms with van der Waals surface area (Å²) in [6.07, 6.45) is -2.63. The minimum atomic E-state index is -4.18. The molecule has 1 aliphatic rings. The van der Waals surface area contributed by atoms with Crippen LogP contribution in [0.25, 0.3) is 0 Å². The summed E-state index contributed by atoms with van der Waals surface area (Å²) in [5.74, 6) is -0.459. The van der Waals surface area contributed by atoms with Crippen molar-refractivity contribution in [3.05, 3.63) is 0 Å². The summed E-state index contributed by atoms with van der Waals surface area (Å²) in [6.45, 7) is 0.255. The fourth-order valence-corrected chi connectivity index (χ4v) is 1.81. The van der Waals surface area contributed by atoms with Crippen molar-refractivity contribution < 1.29 is 18.3 Å². The van der Waals surface area contributed by atoms with Crippen molar-refractivity contribution in [2.24, 2.45) is 5.92 Å². The molecule has 1 rings (SSSR count). The van der Waals surface area contributed by atoms with Crippen LogP contribution in [0.1, 0.15) is 19.3 Å². The van der Waals surface area contributed by atoms with Gasteiger partial charge in [-0.3, -0.25) is 0 Å². The Kier molecular flexibility index (Phi) is 3.55. The second-order valence-electron chi connectivity index (χ2n) is 3.39. The zero-order valence-corrected chi connectivity index (χ0v) is 7.27. The van der Waals surface area contributed by atoms with Gasteiger partial charge in [0.2, 0.25) is 0 Å². The van der Waals surface area contributed by atoms with Crippen LogP contribution in [0.2, 0.25) is 0 Å². The van der Waals surface area contributed by atoms with Gasteiger partial charge in [-0.15, -0.1) is 0 Å². The Morgan fingerprint density at radius 3 is 2.62 bits per heavy atom. The number of alkyl halides is 3. The fraction of sp³-hybridized carbons (Fsp3) is 1.00. The Morgan fingerprint density at radius 2 is 2.08 bits per heavy atom. The van der Waals surface area contributed by atoms with E-state index in [-0.39, 0.29) is 13.0 Å². The molecule has 78 valence electrons. The second kappa shape index (κ2) is 4.28. The first kappa shape index (κ1) is 10.8. The van der Waals surface area contributed by atoms with Crippen molar-refractivity contribution in [2.75, 3.05) is 13.2 Å². The first-order valence-electron chi connectivity index (χ1n) is 4.46. The molecule has 0 aromatic carbocycles. The van der Waals surface area contributed by atoms with E-state index in [9.17, 15) is 13.2 Å². The maximum Gasteiger partial charge on any atom is 0.404 e. The summed E-state index contributed by atoms with van der Waals surface area (Å²) in [6, 6.07) is -1.42. The minimum Gasteiger partial charge on any atom is -0.396 e. The number of halogens is 3. The van der Waals surface area contributed by atoms with Crippen LogP contribution < -0.4 is 5.32 Å². The SMILES string of the molecule is OCC[C@@H]1CCCN[C@@H]1C(F)(F)F. The Morgan fingerprint density at radius 1 is 1.38 bits per heavy atom. The van der Waals surface area contributed by atoms with E-state index in [2.05, 4.69) is 5.32 Å². The van der Waals surface area contributed by atoms with Crippen molar-refractivity contribution in [1.29, 1.82) is 0 Å². The smallest absolute Gasteiger partial charge is 0.396 e. The lowest BCUT2D eigenvalue weighted by Crippen LogP contribution is -2.51. The molecule has 1 heterocycles. The van der Waals surface area contributed by atoms with E-state index >= 15 is 0 Å². The molecule has 0 bridgehead atoms. The molecule has 0 aromatic heterocycles. The summed E-state index contributed by atoms with van der Waals surface area (Å²) in [5.41, 5.74) is 0. The molecular weight excluding hydrogens is 183 g/mol. The van der Waals surface area contributed by atoms with Gasteiger partial charge in [-0.05, 0) is 31.7 Å². The highest BCUT2D eigenvalue weighted by Crippen LogP contribution is 2.32. The first-order chi connectivity index (χ1) is 6.05. The van der Waals surface area contributed by atoms with Crippen LogP contribution in [0.15, 0.2) is 0 Å². The predicted molar refractivity (Wildman–Crippen MR) is 42.3 cm³/mol. The third-order valence-corrected chi connectivity index (χ3v) is 2.44. The van der Waals surface area contributed by atoms with Crippen LogP contribution in [0.5, 0.6) is 0 Å². The summed E-state index contributed by atoms with van der Waals surface area (Å²) < 4.78 is 37.1. The molecule has 1 fully saturated rings. The van der Waals surface area contributed by atoms with Gasteiger partial charge in [-0.25, -0.2) is 0 Å². The molecule has 0 aliphatic carbocycles. The quantitative estimate of drug-likeness (QED) is 0.699. The molecule has 1 aliphatic heterocycles. The number of hydrogen-bond acceptors (Lipinski definition) is 2. The number of nitrogens with one attached hydrogen (secondary N) is 1. The molecule has 0 radical (unpaired) electrons. The van der Waals surface area contributed by atoms with Gasteiger partial charge in [0.05, 0.1) is 0 Å². The van der Waals surface area contributed by atoms with Gasteiger partial charge in [-0.2, -0.15) is 13.2 Å². The Bertz CT molecular complexity index is 158. The highest BCUT2D eigenvalue weighted by molar-refractivity contribution is 4.86. The molecule has 0 unspecified atom stereocenters. The average molecular weight is 197 g/mol. The molecule has 0 aromatic rings. The van der Waals surface area contributed by atoms with Crippen molar-refractivity contribution in [3.63, 3.8) is 0 Å². The lowest BCUT2D eigenvalue weighted by atomic mass is 9.88. The normalized spacial score (nSPS) is 30.5. The third kappa shape index (κ3) is 2.84. The molecule has 5 heteroatoms. The highest BCUT2D eigenvalue weighted by Gasteiger charge is 2.45. The van der Waals surface area contributed by atoms with Gasteiger partial charge >= 0.3 is 6.18 Å². The molecular formula is C8H14F3NO. The van der Waals surface area contributed by atoms with Crippen LogP contribution in [0, 0.1) is 5.92 Å². The van der Waals surface area contributed by atoms with E-state index in [0.717, 1.165) is 6.42 Å². The van der Waals surface area contributed by atoms with E-state index in [1.807, 2.05) is 0 Å². The van der Waals surface area contributed by atoms with Gasteiger partial charge < -0.3 is 10.4 Å². The number of hydrogen-bond donors (Lipinski definition) is 2. The van der Waals surface area contributed by atoms with E-state index < -0.39 is 18.1 Å². The molecule has 13 heavy (non-hydrogen) atoms. The largest absolute Gasteiger partial charge is 0.404 e. The van der Waals surface area contributed by atoms with Crippen LogP contribution in [0.4, 0.5) is 13.2 Å². The van der Waals surface area contributed by atoms with Gasteiger partial charge in [0, 0.05) is 6.61 Å². The molecule has 1 saturated heterocycles. The molecule has 2 nitrogen and oxygen atoms in total. The molecule has 2 N–H and O–H groups in total. The average Bonchev–Trinajstić information content (AvgIpc) is 2.04. The summed E-state index contributed by atoms with van der Waals surface area (Å²) >= 11 is 0. The summed E-state index contributed by atoms with van der Waals surface area (Å²) in [4.78, 5) is 0. The van der Waals surface area contributed by atoms with Crippen molar-refractivity contribution in [1.82, 2.24) is 5.32 Å². The van der Waals surface area contributed by atoms with Crippen molar-refractivity contribution in [2.45, 2.75) is 31.5 Å². The molecule has 0 amide bonds. The van der Waals surface area contributed by atoms with Crippen LogP contribution >= 0.6 is 0 Å². The molecule has 2 atom stereocenters. The third-order valence-electron chi connectivity index (χ3n) is 2.44. The monoisotopic (exact) mass is 197 g/mol. The lowest BCUT2D eigenvalue weighted by Gasteiger charge is -2.33. The Labute approximate surface area is 75.1 Å². The van der Waals surface area contributed by atoms with E-state index in [1.54, 1.807) is 0 Å². The maximum absolute atomic E-state index is 12.4. The number of aliphatic hydroxyl groups is 1. The maximum atomic E-state index is 12.4. The Hall–Kier alpha value is -0.290. The van der Waals surface area contributed by atoms with Crippen molar-refractivity contribution >= 4 is 0 Å². The van der Waals surface area contributed by atoms with E-state index in [0.29, 0.717) is 13.0 Å². The van der Waals surface area contributed by atoms with Crippen LogP contribution in [0.3, 0.4) is 0 Å². The second-order valence-corrected chi connectivity index (χ2v) is 3.39. The first-order valence-corrected chi connectivity index (χ1v) is 4.46. The zero-order valence-electron chi connectivity index (χ0n) is 7.27. The predicted octanol–water partition coefficient (Wildman–Crippen LogP) is 1.30. The number of rotatable bonds is 2. The van der Waals surface area contributed by atoms with Gasteiger partial charge in [-0.1, -0.05) is 0 Å². The fourth-order valence-electron chi connectivity index (χ4n) is 1.81. The Balaban J connectivity index is 2.56. The van der Waals surface area contributed by atoms with Crippen LogP contribution in [-0.4, -0.2) is 30.5 Å². The van der Waals surface area contributed by atoms with Crippen LogP contribution in [-0.2, 0) is 0 Å². The molecule has 0 spiro atoms. The van der Waals surface area contributed by atoms with Gasteiger partial charge in [0.25, 0.3) is 0 Å². The molecule has 0 saturated carbocycles. The standard InChI is InChI=1S/C8H14F3NO/c9-8(10,11)7-6(3-5-13)2-1-4-12-7/h6-7,12-13H,1-5H2/t6-,7-/m0/s1. The topological polar surface area (TPSA) is 32.3 Å². The summed E-state index contributed by atoms with van der Waals surface area (Å²) in [7, 11) is 0. The lowest BCUT2D eigenvalue weighted by molar-refractivity contribution is -0.173. The van der Waals surface area contributed by atoms with Crippen molar-refractivity contribution in [3.8, 4) is 0 Å². The highest BCUT2D eigenvalue weighted by atomic mass is 19.4.